The van der Waals surface area contributed by atoms with Crippen LogP contribution in [-0.4, -0.2) is 41.2 Å². The van der Waals surface area contributed by atoms with Crippen LogP contribution in [0.5, 0.6) is 0 Å². The van der Waals surface area contributed by atoms with Gasteiger partial charge in [-0.05, 0) is 26.3 Å². The average Bonchev–Trinajstić information content (AvgIpc) is 2.22. The number of hydrogen-bond acceptors (Lipinski definition) is 5. The lowest BCUT2D eigenvalue weighted by Gasteiger charge is -2.17. The lowest BCUT2D eigenvalue weighted by Crippen LogP contribution is -2.38. The standard InChI is InChI=1S/C9H21N2O5P/c1-2-16-9(12)8(5-3-4-6-10)11-7-17(13,14)15/h8,11H,2-7,10H2,1H3,(H2,13,14,15). The van der Waals surface area contributed by atoms with Crippen LogP contribution in [0, 0.1) is 0 Å². The molecule has 17 heavy (non-hydrogen) atoms. The summed E-state index contributed by atoms with van der Waals surface area (Å²) in [4.78, 5) is 28.9. The Morgan fingerprint density at radius 3 is 2.59 bits per heavy atom. The Morgan fingerprint density at radius 2 is 2.12 bits per heavy atom. The number of carbonyl (C=O) groups is 1. The quantitative estimate of drug-likeness (QED) is 0.259. The maximum absolute atomic E-state index is 11.5. The zero-order valence-electron chi connectivity index (χ0n) is 9.96. The summed E-state index contributed by atoms with van der Waals surface area (Å²) in [6.45, 7) is 2.44. The van der Waals surface area contributed by atoms with Crippen molar-refractivity contribution < 1.29 is 23.9 Å². The van der Waals surface area contributed by atoms with Crippen molar-refractivity contribution in [2.24, 2.45) is 5.73 Å². The molecule has 102 valence electrons. The van der Waals surface area contributed by atoms with Gasteiger partial charge in [-0.1, -0.05) is 6.42 Å². The van der Waals surface area contributed by atoms with Crippen LogP contribution < -0.4 is 11.1 Å². The Hall–Kier alpha value is -0.460. The summed E-state index contributed by atoms with van der Waals surface area (Å²) in [6, 6.07) is -0.686. The summed E-state index contributed by atoms with van der Waals surface area (Å²) < 4.78 is 15.5. The van der Waals surface area contributed by atoms with Crippen LogP contribution in [0.1, 0.15) is 26.2 Å². The van der Waals surface area contributed by atoms with Crippen molar-refractivity contribution in [3.05, 3.63) is 0 Å². The van der Waals surface area contributed by atoms with Crippen LogP contribution in [0.4, 0.5) is 0 Å². The van der Waals surface area contributed by atoms with E-state index in [0.29, 0.717) is 19.4 Å². The zero-order chi connectivity index (χ0) is 13.3. The lowest BCUT2D eigenvalue weighted by molar-refractivity contribution is -0.145. The van der Waals surface area contributed by atoms with E-state index in [0.717, 1.165) is 6.42 Å². The van der Waals surface area contributed by atoms with Crippen LogP contribution in [-0.2, 0) is 14.1 Å². The molecule has 1 unspecified atom stereocenters. The smallest absolute Gasteiger partial charge is 0.339 e. The molecule has 0 aromatic heterocycles. The first-order chi connectivity index (χ1) is 7.90. The minimum atomic E-state index is -4.16. The molecule has 0 radical (unpaired) electrons. The van der Waals surface area contributed by atoms with Gasteiger partial charge in [-0.3, -0.25) is 14.7 Å². The fourth-order valence-electron chi connectivity index (χ4n) is 1.27. The summed E-state index contributed by atoms with van der Waals surface area (Å²) in [5.74, 6) is -0.488. The molecule has 1 atom stereocenters. The maximum Gasteiger partial charge on any atom is 0.339 e. The molecule has 0 aliphatic rings. The molecular formula is C9H21N2O5P. The molecule has 0 saturated heterocycles. The van der Waals surface area contributed by atoms with E-state index in [4.69, 9.17) is 20.3 Å². The largest absolute Gasteiger partial charge is 0.465 e. The van der Waals surface area contributed by atoms with Crippen molar-refractivity contribution in [2.75, 3.05) is 19.4 Å². The third-order valence-electron chi connectivity index (χ3n) is 2.06. The number of nitrogens with two attached hydrogens (primary N) is 1. The molecule has 0 saturated carbocycles. The highest BCUT2D eigenvalue weighted by atomic mass is 31.2. The lowest BCUT2D eigenvalue weighted by atomic mass is 10.1. The molecule has 0 bridgehead atoms. The van der Waals surface area contributed by atoms with E-state index in [1.165, 1.54) is 0 Å². The molecule has 0 aliphatic heterocycles. The molecule has 5 N–H and O–H groups in total. The first-order valence-electron chi connectivity index (χ1n) is 5.55. The second-order valence-corrected chi connectivity index (χ2v) is 5.26. The number of unbranched alkanes of at least 4 members (excludes halogenated alkanes) is 1. The van der Waals surface area contributed by atoms with Gasteiger partial charge < -0.3 is 20.3 Å². The predicted molar refractivity (Wildman–Crippen MR) is 63.4 cm³/mol. The van der Waals surface area contributed by atoms with E-state index in [1.54, 1.807) is 6.92 Å². The van der Waals surface area contributed by atoms with E-state index in [2.05, 4.69) is 5.32 Å². The van der Waals surface area contributed by atoms with Gasteiger partial charge in [0, 0.05) is 0 Å². The van der Waals surface area contributed by atoms with Crippen molar-refractivity contribution in [3.63, 3.8) is 0 Å². The second kappa shape index (κ2) is 8.60. The molecule has 0 fully saturated rings. The monoisotopic (exact) mass is 268 g/mol. The van der Waals surface area contributed by atoms with Gasteiger partial charge in [-0.15, -0.1) is 0 Å². The van der Waals surface area contributed by atoms with Crippen molar-refractivity contribution in [2.45, 2.75) is 32.2 Å². The third-order valence-corrected chi connectivity index (χ3v) is 2.66. The highest BCUT2D eigenvalue weighted by molar-refractivity contribution is 7.51. The molecule has 8 heteroatoms. The number of carbonyl (C=O) groups excluding carboxylic acids is 1. The summed E-state index contributed by atoms with van der Waals surface area (Å²) in [6.07, 6.45) is 1.39. The number of rotatable bonds is 9. The third kappa shape index (κ3) is 9.26. The second-order valence-electron chi connectivity index (χ2n) is 3.62. The highest BCUT2D eigenvalue weighted by Gasteiger charge is 2.22. The first kappa shape index (κ1) is 16.5. The van der Waals surface area contributed by atoms with Crippen molar-refractivity contribution in [1.82, 2.24) is 5.32 Å². The molecular weight excluding hydrogens is 247 g/mol. The number of hydrogen-bond donors (Lipinski definition) is 4. The van der Waals surface area contributed by atoms with Gasteiger partial charge in [0.2, 0.25) is 0 Å². The van der Waals surface area contributed by atoms with Crippen molar-refractivity contribution >= 4 is 13.6 Å². The van der Waals surface area contributed by atoms with Gasteiger partial charge in [-0.25, -0.2) is 0 Å². The Bertz CT molecular complexity index is 268. The molecule has 0 amide bonds. The van der Waals surface area contributed by atoms with Gasteiger partial charge in [0.25, 0.3) is 0 Å². The van der Waals surface area contributed by atoms with Gasteiger partial charge in [-0.2, -0.15) is 0 Å². The minimum absolute atomic E-state index is 0.240. The summed E-state index contributed by atoms with van der Waals surface area (Å²) >= 11 is 0. The first-order valence-corrected chi connectivity index (χ1v) is 7.35. The highest BCUT2D eigenvalue weighted by Crippen LogP contribution is 2.32. The minimum Gasteiger partial charge on any atom is -0.465 e. The average molecular weight is 268 g/mol. The number of nitrogens with one attached hydrogen (secondary N) is 1. The summed E-state index contributed by atoms with van der Waals surface area (Å²) in [5, 5.41) is 2.52. The normalized spacial score (nSPS) is 13.4. The van der Waals surface area contributed by atoms with E-state index >= 15 is 0 Å². The summed E-state index contributed by atoms with van der Waals surface area (Å²) in [5.41, 5.74) is 5.33. The molecule has 7 nitrogen and oxygen atoms in total. The van der Waals surface area contributed by atoms with Crippen molar-refractivity contribution in [3.8, 4) is 0 Å². The SMILES string of the molecule is CCOC(=O)C(CCCCN)NCP(=O)(O)O. The van der Waals surface area contributed by atoms with E-state index < -0.39 is 25.9 Å². The van der Waals surface area contributed by atoms with Gasteiger partial charge in [0.15, 0.2) is 0 Å². The summed E-state index contributed by atoms with van der Waals surface area (Å²) in [7, 11) is -4.16. The van der Waals surface area contributed by atoms with Gasteiger partial charge in [0.1, 0.15) is 6.04 Å². The molecule has 0 spiro atoms. The van der Waals surface area contributed by atoms with Gasteiger partial charge in [0.05, 0.1) is 12.9 Å². The van der Waals surface area contributed by atoms with E-state index in [-0.39, 0.29) is 6.61 Å². The Kier molecular flexibility index (Phi) is 8.37. The fraction of sp³-hybridized carbons (Fsp3) is 0.889. The Morgan fingerprint density at radius 1 is 1.47 bits per heavy atom. The van der Waals surface area contributed by atoms with Crippen LogP contribution in [0.2, 0.25) is 0 Å². The molecule has 0 aliphatic carbocycles. The molecule has 0 aromatic rings. The van der Waals surface area contributed by atoms with Gasteiger partial charge >= 0.3 is 13.6 Å². The Balaban J connectivity index is 4.19. The molecule has 0 rings (SSSR count). The molecule has 0 aromatic carbocycles. The van der Waals surface area contributed by atoms with E-state index in [1.807, 2.05) is 0 Å². The van der Waals surface area contributed by atoms with Crippen LogP contribution in [0.3, 0.4) is 0 Å². The van der Waals surface area contributed by atoms with Crippen LogP contribution in [0.15, 0.2) is 0 Å². The Labute approximate surface area is 101 Å². The number of esters is 1. The van der Waals surface area contributed by atoms with Crippen LogP contribution >= 0.6 is 7.60 Å². The van der Waals surface area contributed by atoms with Crippen LogP contribution in [0.25, 0.3) is 0 Å². The number of ether oxygens (including phenoxy) is 1. The zero-order valence-corrected chi connectivity index (χ0v) is 10.9. The van der Waals surface area contributed by atoms with Crippen molar-refractivity contribution in [1.29, 1.82) is 0 Å². The topological polar surface area (TPSA) is 122 Å². The molecule has 0 heterocycles. The van der Waals surface area contributed by atoms with E-state index in [9.17, 15) is 9.36 Å². The fourth-order valence-corrected chi connectivity index (χ4v) is 1.73. The predicted octanol–water partition coefficient (Wildman–Crippen LogP) is -0.228. The maximum atomic E-state index is 11.5.